The number of benzene rings is 2. The highest BCUT2D eigenvalue weighted by molar-refractivity contribution is 6.30. The maximum Gasteiger partial charge on any atom is 0.222 e. The number of anilines is 2. The summed E-state index contributed by atoms with van der Waals surface area (Å²) in [5.74, 6) is -0.0103. The van der Waals surface area contributed by atoms with Gasteiger partial charge in [-0.25, -0.2) is 9.37 Å². The number of nitrogens with two attached hydrogens (primary N) is 2. The Morgan fingerprint density at radius 1 is 1.15 bits per heavy atom. The Labute approximate surface area is 153 Å². The first-order chi connectivity index (χ1) is 12.5. The van der Waals surface area contributed by atoms with Crippen LogP contribution in [0.3, 0.4) is 0 Å². The van der Waals surface area contributed by atoms with Crippen LogP contribution in [0.2, 0.25) is 5.02 Å². The van der Waals surface area contributed by atoms with Crippen molar-refractivity contribution in [3.8, 4) is 23.1 Å². The minimum absolute atomic E-state index is 0.00422. The van der Waals surface area contributed by atoms with Crippen LogP contribution in [-0.4, -0.2) is 9.97 Å². The highest BCUT2D eigenvalue weighted by Gasteiger charge is 2.14. The van der Waals surface area contributed by atoms with Gasteiger partial charge in [0.05, 0.1) is 5.69 Å². The predicted molar refractivity (Wildman–Crippen MR) is 96.7 cm³/mol. The van der Waals surface area contributed by atoms with Crippen molar-refractivity contribution in [3.63, 3.8) is 0 Å². The van der Waals surface area contributed by atoms with Crippen LogP contribution in [-0.2, 0) is 6.61 Å². The first-order valence-corrected chi connectivity index (χ1v) is 7.86. The molecule has 1 aromatic heterocycles. The highest BCUT2D eigenvalue weighted by Crippen LogP contribution is 2.28. The van der Waals surface area contributed by atoms with E-state index in [4.69, 9.17) is 27.8 Å². The van der Waals surface area contributed by atoms with Gasteiger partial charge in [0.15, 0.2) is 0 Å². The molecule has 8 heteroatoms. The van der Waals surface area contributed by atoms with E-state index in [9.17, 15) is 9.65 Å². The van der Waals surface area contributed by atoms with Crippen molar-refractivity contribution >= 4 is 23.4 Å². The molecule has 3 aromatic rings. The van der Waals surface area contributed by atoms with Crippen LogP contribution in [0.25, 0.3) is 11.3 Å². The second-order valence-corrected chi connectivity index (χ2v) is 5.79. The topological polar surface area (TPSA) is 111 Å². The molecule has 0 unspecified atom stereocenters. The zero-order chi connectivity index (χ0) is 18.7. The van der Waals surface area contributed by atoms with Gasteiger partial charge in [0.2, 0.25) is 5.95 Å². The third-order valence-electron chi connectivity index (χ3n) is 3.58. The molecule has 0 bridgehead atoms. The molecule has 0 saturated carbocycles. The van der Waals surface area contributed by atoms with E-state index in [1.54, 1.807) is 36.4 Å². The number of hydrogen-bond acceptors (Lipinski definition) is 6. The molecule has 1 heterocycles. The van der Waals surface area contributed by atoms with Gasteiger partial charge in [0, 0.05) is 16.1 Å². The van der Waals surface area contributed by atoms with Crippen LogP contribution < -0.4 is 16.2 Å². The number of rotatable bonds is 4. The van der Waals surface area contributed by atoms with Crippen LogP contribution in [0.15, 0.2) is 42.5 Å². The normalized spacial score (nSPS) is 10.3. The van der Waals surface area contributed by atoms with Gasteiger partial charge in [-0.05, 0) is 24.3 Å². The summed E-state index contributed by atoms with van der Waals surface area (Å²) in [5.41, 5.74) is 12.7. The van der Waals surface area contributed by atoms with Crippen molar-refractivity contribution in [1.82, 2.24) is 9.97 Å². The van der Waals surface area contributed by atoms with Crippen LogP contribution >= 0.6 is 11.6 Å². The number of ether oxygens (including phenoxy) is 1. The molecule has 130 valence electrons. The minimum Gasteiger partial charge on any atom is -0.489 e. The van der Waals surface area contributed by atoms with Crippen molar-refractivity contribution in [3.05, 3.63) is 64.4 Å². The Balaban J connectivity index is 1.89. The van der Waals surface area contributed by atoms with Gasteiger partial charge < -0.3 is 16.2 Å². The van der Waals surface area contributed by atoms with Crippen molar-refractivity contribution in [2.75, 3.05) is 11.5 Å². The highest BCUT2D eigenvalue weighted by atomic mass is 35.5. The Morgan fingerprint density at radius 3 is 2.69 bits per heavy atom. The lowest BCUT2D eigenvalue weighted by atomic mass is 10.1. The molecule has 0 saturated heterocycles. The monoisotopic (exact) mass is 369 g/mol. The molecule has 0 aliphatic heterocycles. The summed E-state index contributed by atoms with van der Waals surface area (Å²) in [6.45, 7) is 0.0195. The third-order valence-corrected chi connectivity index (χ3v) is 3.82. The number of nitrogen functional groups attached to an aromatic ring is 2. The van der Waals surface area contributed by atoms with E-state index < -0.39 is 5.82 Å². The van der Waals surface area contributed by atoms with Crippen LogP contribution in [0.4, 0.5) is 16.2 Å². The lowest BCUT2D eigenvalue weighted by molar-refractivity contribution is 0.300. The average Bonchev–Trinajstić information content (AvgIpc) is 2.60. The molecule has 3 rings (SSSR count). The molecular formula is C18H13ClFN5O. The minimum atomic E-state index is -0.447. The summed E-state index contributed by atoms with van der Waals surface area (Å²) < 4.78 is 19.5. The van der Waals surface area contributed by atoms with E-state index in [1.165, 1.54) is 6.07 Å². The van der Waals surface area contributed by atoms with Gasteiger partial charge >= 0.3 is 0 Å². The van der Waals surface area contributed by atoms with E-state index in [2.05, 4.69) is 9.97 Å². The van der Waals surface area contributed by atoms with E-state index >= 15 is 0 Å². The second kappa shape index (κ2) is 7.25. The molecular weight excluding hydrogens is 357 g/mol. The van der Waals surface area contributed by atoms with E-state index in [1.807, 2.05) is 6.07 Å². The van der Waals surface area contributed by atoms with Gasteiger partial charge in [-0.1, -0.05) is 29.8 Å². The molecule has 0 atom stereocenters. The SMILES string of the molecule is N#Cc1c(N)nc(N)nc1-c1cccc(OCc2ccc(Cl)cc2F)c1. The zero-order valence-corrected chi connectivity index (χ0v) is 14.2. The molecule has 6 nitrogen and oxygen atoms in total. The molecule has 2 aromatic carbocycles. The fourth-order valence-electron chi connectivity index (χ4n) is 2.35. The maximum absolute atomic E-state index is 13.8. The van der Waals surface area contributed by atoms with Crippen LogP contribution in [0.1, 0.15) is 11.1 Å². The van der Waals surface area contributed by atoms with E-state index in [0.717, 1.165) is 0 Å². The number of nitrogens with zero attached hydrogens (tertiary/aromatic N) is 3. The number of nitriles is 1. The zero-order valence-electron chi connectivity index (χ0n) is 13.4. The fraction of sp³-hybridized carbons (Fsp3) is 0.0556. The molecule has 0 amide bonds. The van der Waals surface area contributed by atoms with Crippen LogP contribution in [0.5, 0.6) is 5.75 Å². The van der Waals surface area contributed by atoms with Gasteiger partial charge in [-0.15, -0.1) is 0 Å². The van der Waals surface area contributed by atoms with Gasteiger partial charge in [-0.2, -0.15) is 10.2 Å². The van der Waals surface area contributed by atoms with Gasteiger partial charge in [-0.3, -0.25) is 0 Å². The smallest absolute Gasteiger partial charge is 0.222 e. The molecule has 0 radical (unpaired) electrons. The quantitative estimate of drug-likeness (QED) is 0.727. The lowest BCUT2D eigenvalue weighted by Gasteiger charge is -2.10. The number of aromatic nitrogens is 2. The van der Waals surface area contributed by atoms with Gasteiger partial charge in [0.25, 0.3) is 0 Å². The molecule has 4 N–H and O–H groups in total. The largest absolute Gasteiger partial charge is 0.489 e. The molecule has 0 aliphatic carbocycles. The van der Waals surface area contributed by atoms with Crippen molar-refractivity contribution in [2.24, 2.45) is 0 Å². The summed E-state index contributed by atoms with van der Waals surface area (Å²) in [4.78, 5) is 7.88. The molecule has 0 aliphatic rings. The van der Waals surface area contributed by atoms with Crippen molar-refractivity contribution in [1.29, 1.82) is 5.26 Å². The predicted octanol–water partition coefficient (Wildman–Crippen LogP) is 3.55. The van der Waals surface area contributed by atoms with E-state index in [0.29, 0.717) is 27.6 Å². The Kier molecular flexibility index (Phi) is 4.87. The third kappa shape index (κ3) is 3.66. The van der Waals surface area contributed by atoms with Crippen molar-refractivity contribution < 1.29 is 9.13 Å². The summed E-state index contributed by atoms with van der Waals surface area (Å²) in [6, 6.07) is 13.2. The number of hydrogen-bond donors (Lipinski definition) is 2. The standard InChI is InChI=1S/C18H13ClFN5O/c19-12-5-4-11(15(20)7-12)9-26-13-3-1-2-10(6-13)16-14(8-21)17(22)25-18(23)24-16/h1-7H,9H2,(H4,22,23,24,25). The molecule has 0 spiro atoms. The summed E-state index contributed by atoms with van der Waals surface area (Å²) >= 11 is 5.74. The first kappa shape index (κ1) is 17.5. The second-order valence-electron chi connectivity index (χ2n) is 5.35. The Hall–Kier alpha value is -3.37. The molecule has 26 heavy (non-hydrogen) atoms. The number of halogens is 2. The molecule has 0 fully saturated rings. The summed E-state index contributed by atoms with van der Waals surface area (Å²) in [7, 11) is 0. The van der Waals surface area contributed by atoms with E-state index in [-0.39, 0.29) is 23.9 Å². The summed E-state index contributed by atoms with van der Waals surface area (Å²) in [5, 5.41) is 9.61. The summed E-state index contributed by atoms with van der Waals surface area (Å²) in [6.07, 6.45) is 0. The van der Waals surface area contributed by atoms with Crippen LogP contribution in [0, 0.1) is 17.1 Å². The first-order valence-electron chi connectivity index (χ1n) is 7.48. The Bertz CT molecular complexity index is 1020. The fourth-order valence-corrected chi connectivity index (χ4v) is 2.51. The van der Waals surface area contributed by atoms with Crippen molar-refractivity contribution in [2.45, 2.75) is 6.61 Å². The Morgan fingerprint density at radius 2 is 1.96 bits per heavy atom. The average molecular weight is 370 g/mol. The lowest BCUT2D eigenvalue weighted by Crippen LogP contribution is -2.05. The van der Waals surface area contributed by atoms with Gasteiger partial charge in [0.1, 0.15) is 35.6 Å². The maximum atomic E-state index is 13.8.